The van der Waals surface area contributed by atoms with Gasteiger partial charge in [-0.25, -0.2) is 0 Å². The van der Waals surface area contributed by atoms with Crippen molar-refractivity contribution in [3.63, 3.8) is 0 Å². The Balaban J connectivity index is 2.49. The number of rotatable bonds is 12. The molecule has 0 aliphatic heterocycles. The molecule has 0 saturated heterocycles. The van der Waals surface area contributed by atoms with Crippen molar-refractivity contribution in [2.24, 2.45) is 11.8 Å². The van der Waals surface area contributed by atoms with Crippen LogP contribution in [0.1, 0.15) is 51.9 Å². The lowest BCUT2D eigenvalue weighted by molar-refractivity contribution is -0.136. The molecule has 1 aliphatic carbocycles. The Morgan fingerprint density at radius 3 is 2.52 bits per heavy atom. The quantitative estimate of drug-likeness (QED) is 0.390. The van der Waals surface area contributed by atoms with Gasteiger partial charge in [-0.15, -0.1) is 0 Å². The molecule has 0 radical (unpaired) electrons. The maximum atomic E-state index is 10.4. The van der Waals surface area contributed by atoms with E-state index in [4.69, 9.17) is 5.11 Å². The first kappa shape index (κ1) is 23.3. The van der Waals surface area contributed by atoms with Crippen LogP contribution >= 0.6 is 0 Å². The van der Waals surface area contributed by atoms with Gasteiger partial charge in [-0.1, -0.05) is 55.5 Å². The Bertz CT molecular complexity index is 535. The van der Waals surface area contributed by atoms with Gasteiger partial charge in [-0.2, -0.15) is 0 Å². The zero-order valence-electron chi connectivity index (χ0n) is 16.2. The molecule has 152 valence electrons. The van der Waals surface area contributed by atoms with Gasteiger partial charge in [-0.3, -0.25) is 4.79 Å². The van der Waals surface area contributed by atoms with Crippen molar-refractivity contribution in [2.45, 2.75) is 70.2 Å². The smallest absolute Gasteiger partial charge is 0.303 e. The molecule has 4 N–H and O–H groups in total. The lowest BCUT2D eigenvalue weighted by atomic mass is 9.89. The number of hydrogen-bond donors (Lipinski definition) is 4. The molecule has 27 heavy (non-hydrogen) atoms. The predicted molar refractivity (Wildman–Crippen MR) is 107 cm³/mol. The van der Waals surface area contributed by atoms with E-state index in [0.29, 0.717) is 25.7 Å². The number of aliphatic carboxylic acids is 1. The van der Waals surface area contributed by atoms with Gasteiger partial charge in [0.25, 0.3) is 0 Å². The second-order valence-electron chi connectivity index (χ2n) is 7.03. The van der Waals surface area contributed by atoms with E-state index in [2.05, 4.69) is 25.2 Å². The fraction of sp³-hybridized carbons (Fsp3) is 0.591. The van der Waals surface area contributed by atoms with Crippen molar-refractivity contribution >= 4 is 5.97 Å². The predicted octanol–water partition coefficient (Wildman–Crippen LogP) is 3.38. The minimum Gasteiger partial charge on any atom is -0.481 e. The Labute approximate surface area is 162 Å². The van der Waals surface area contributed by atoms with Gasteiger partial charge >= 0.3 is 5.97 Å². The average molecular weight is 379 g/mol. The van der Waals surface area contributed by atoms with Crippen molar-refractivity contribution in [1.29, 1.82) is 0 Å². The summed E-state index contributed by atoms with van der Waals surface area (Å²) >= 11 is 0. The second kappa shape index (κ2) is 13.5. The molecule has 0 amide bonds. The normalized spacial score (nSPS) is 27.6. The summed E-state index contributed by atoms with van der Waals surface area (Å²) < 4.78 is 0. The molecule has 0 bridgehead atoms. The molecule has 5 heteroatoms. The molecule has 1 fully saturated rings. The average Bonchev–Trinajstić information content (AvgIpc) is 2.88. The summed E-state index contributed by atoms with van der Waals surface area (Å²) in [5.74, 6) is -1.07. The van der Waals surface area contributed by atoms with Crippen LogP contribution in [0.15, 0.2) is 48.6 Å². The van der Waals surface area contributed by atoms with E-state index in [9.17, 15) is 20.1 Å². The van der Waals surface area contributed by atoms with Gasteiger partial charge in [0, 0.05) is 18.8 Å². The van der Waals surface area contributed by atoms with Crippen LogP contribution in [0.2, 0.25) is 0 Å². The first-order chi connectivity index (χ1) is 13.0. The van der Waals surface area contributed by atoms with Gasteiger partial charge in [0.1, 0.15) is 0 Å². The topological polar surface area (TPSA) is 98.0 Å². The monoisotopic (exact) mass is 378 g/mol. The molecule has 0 aromatic rings. The summed E-state index contributed by atoms with van der Waals surface area (Å²) in [7, 11) is 0. The summed E-state index contributed by atoms with van der Waals surface area (Å²) in [4.78, 5) is 10.4. The molecule has 5 nitrogen and oxygen atoms in total. The largest absolute Gasteiger partial charge is 0.481 e. The minimum absolute atomic E-state index is 0.0547. The minimum atomic E-state index is -0.838. The molecule has 0 spiro atoms. The summed E-state index contributed by atoms with van der Waals surface area (Å²) in [6.45, 7) is 2.09. The SMILES string of the molecule is CC/C=C\C/C=C\C[C@H]1[C@@H](/C=C/[C@@H](O)C/C=C\CCC(=O)O)[C@H](O)C[C@@H]1O. The zero-order chi connectivity index (χ0) is 20.1. The van der Waals surface area contributed by atoms with Crippen LogP contribution < -0.4 is 0 Å². The van der Waals surface area contributed by atoms with Crippen LogP contribution in [0.4, 0.5) is 0 Å². The van der Waals surface area contributed by atoms with Crippen LogP contribution in [0.3, 0.4) is 0 Å². The fourth-order valence-electron chi connectivity index (χ4n) is 3.29. The van der Waals surface area contributed by atoms with E-state index in [1.54, 1.807) is 18.2 Å². The first-order valence-electron chi connectivity index (χ1n) is 9.85. The lowest BCUT2D eigenvalue weighted by Gasteiger charge is -2.19. The van der Waals surface area contributed by atoms with E-state index >= 15 is 0 Å². The van der Waals surface area contributed by atoms with E-state index in [1.807, 2.05) is 12.2 Å². The van der Waals surface area contributed by atoms with Crippen LogP contribution in [-0.4, -0.2) is 44.7 Å². The van der Waals surface area contributed by atoms with Crippen LogP contribution in [-0.2, 0) is 4.79 Å². The Morgan fingerprint density at radius 1 is 1.07 bits per heavy atom. The van der Waals surface area contributed by atoms with E-state index in [1.165, 1.54) is 0 Å². The van der Waals surface area contributed by atoms with Crippen molar-refractivity contribution in [3.05, 3.63) is 48.6 Å². The number of aliphatic hydroxyl groups excluding tert-OH is 3. The molecule has 0 aromatic carbocycles. The zero-order valence-corrected chi connectivity index (χ0v) is 16.2. The summed E-state index contributed by atoms with van der Waals surface area (Å²) in [6, 6.07) is 0. The molecular formula is C22H34O5. The third-order valence-corrected chi connectivity index (χ3v) is 4.79. The second-order valence-corrected chi connectivity index (χ2v) is 7.03. The van der Waals surface area contributed by atoms with E-state index in [-0.39, 0.29) is 18.3 Å². The third-order valence-electron chi connectivity index (χ3n) is 4.79. The highest BCUT2D eigenvalue weighted by atomic mass is 16.4. The number of allylic oxidation sites excluding steroid dienone is 5. The number of hydrogen-bond acceptors (Lipinski definition) is 4. The third kappa shape index (κ3) is 9.70. The standard InChI is InChI=1S/C22H34O5/c1-2-3-4-5-6-9-12-18-19(21(25)16-20(18)24)15-14-17(23)11-8-7-10-13-22(26)27/h3-4,6-9,14-15,17-21,23-25H,2,5,10-13,16H2,1H3,(H,26,27)/b4-3-,8-7-,9-6-,15-14+/t17-,18-,19+,20-,21+/m0/s1. The van der Waals surface area contributed by atoms with Crippen LogP contribution in [0, 0.1) is 11.8 Å². The Hall–Kier alpha value is -1.69. The Kier molecular flexibility index (Phi) is 11.7. The van der Waals surface area contributed by atoms with E-state index in [0.717, 1.165) is 12.8 Å². The molecule has 0 aromatic heterocycles. The van der Waals surface area contributed by atoms with Crippen molar-refractivity contribution in [2.75, 3.05) is 0 Å². The fourth-order valence-corrected chi connectivity index (χ4v) is 3.29. The molecule has 1 rings (SSSR count). The lowest BCUT2D eigenvalue weighted by Crippen LogP contribution is -2.20. The van der Waals surface area contributed by atoms with Gasteiger partial charge in [0.15, 0.2) is 0 Å². The van der Waals surface area contributed by atoms with Crippen LogP contribution in [0.25, 0.3) is 0 Å². The number of carbonyl (C=O) groups is 1. The Morgan fingerprint density at radius 2 is 1.81 bits per heavy atom. The van der Waals surface area contributed by atoms with E-state index < -0.39 is 24.3 Å². The molecular weight excluding hydrogens is 344 g/mol. The van der Waals surface area contributed by atoms with Crippen molar-refractivity contribution < 1.29 is 25.2 Å². The number of carboxylic acids is 1. The highest BCUT2D eigenvalue weighted by molar-refractivity contribution is 5.66. The number of aliphatic hydroxyl groups is 3. The van der Waals surface area contributed by atoms with Crippen molar-refractivity contribution in [1.82, 2.24) is 0 Å². The maximum Gasteiger partial charge on any atom is 0.303 e. The maximum absolute atomic E-state index is 10.4. The van der Waals surface area contributed by atoms with Crippen molar-refractivity contribution in [3.8, 4) is 0 Å². The highest BCUT2D eigenvalue weighted by Gasteiger charge is 2.39. The molecule has 1 saturated carbocycles. The molecule has 1 aliphatic rings. The van der Waals surface area contributed by atoms with Gasteiger partial charge in [0.2, 0.25) is 0 Å². The number of carboxylic acid groups (broad SMARTS) is 1. The summed E-state index contributed by atoms with van der Waals surface area (Å²) in [5, 5.41) is 39.0. The molecule has 5 atom stereocenters. The summed E-state index contributed by atoms with van der Waals surface area (Å²) in [5.41, 5.74) is 0. The van der Waals surface area contributed by atoms with Gasteiger partial charge < -0.3 is 20.4 Å². The summed E-state index contributed by atoms with van der Waals surface area (Å²) in [6.07, 6.45) is 17.4. The van der Waals surface area contributed by atoms with Gasteiger partial charge in [0.05, 0.1) is 18.3 Å². The molecule has 0 heterocycles. The van der Waals surface area contributed by atoms with Crippen LogP contribution in [0.5, 0.6) is 0 Å². The van der Waals surface area contributed by atoms with Gasteiger partial charge in [-0.05, 0) is 38.0 Å². The molecule has 0 unspecified atom stereocenters. The first-order valence-corrected chi connectivity index (χ1v) is 9.85. The highest BCUT2D eigenvalue weighted by Crippen LogP contribution is 2.36.